The maximum absolute atomic E-state index is 13.0. The highest BCUT2D eigenvalue weighted by Gasteiger charge is 2.20. The number of morpholine rings is 1. The maximum atomic E-state index is 13.0. The molecule has 1 atom stereocenters. The molecule has 0 saturated carbocycles. The molecule has 1 aliphatic rings. The van der Waals surface area contributed by atoms with Crippen LogP contribution in [0.5, 0.6) is 0 Å². The van der Waals surface area contributed by atoms with E-state index in [1.807, 2.05) is 18.2 Å². The van der Waals surface area contributed by atoms with Gasteiger partial charge < -0.3 is 10.1 Å². The van der Waals surface area contributed by atoms with Crippen LogP contribution < -0.4 is 9.62 Å². The summed E-state index contributed by atoms with van der Waals surface area (Å²) < 4.78 is 27.8. The molecule has 0 bridgehead atoms. The highest BCUT2D eigenvalue weighted by molar-refractivity contribution is 7.93. The number of carbonyl (C=O) groups excluding carboxylic acids is 1. The summed E-state index contributed by atoms with van der Waals surface area (Å²) in [5, 5.41) is 3.56. The molecular weight excluding hydrogens is 521 g/mol. The van der Waals surface area contributed by atoms with Gasteiger partial charge >= 0.3 is 0 Å². The second-order valence-electron chi connectivity index (χ2n) is 8.39. The average Bonchev–Trinajstić information content (AvgIpc) is 2.85. The Labute approximate surface area is 221 Å². The minimum absolute atomic E-state index is 0.198. The van der Waals surface area contributed by atoms with Crippen LogP contribution in [0.4, 0.5) is 11.4 Å². The number of rotatable bonds is 8. The van der Waals surface area contributed by atoms with Crippen molar-refractivity contribution in [2.75, 3.05) is 55.3 Å². The number of anilines is 2. The Bertz CT molecular complexity index is 1330. The first-order valence-corrected chi connectivity index (χ1v) is 14.0. The third-order valence-electron chi connectivity index (χ3n) is 5.79. The van der Waals surface area contributed by atoms with Crippen LogP contribution in [0, 0.1) is 4.78 Å². The van der Waals surface area contributed by atoms with Gasteiger partial charge in [0.1, 0.15) is 9.92 Å². The lowest BCUT2D eigenvalue weighted by molar-refractivity contribution is 0.0395. The Kier molecular flexibility index (Phi) is 8.48. The molecule has 11 heteroatoms. The summed E-state index contributed by atoms with van der Waals surface area (Å²) in [5.41, 5.74) is 2.71. The van der Waals surface area contributed by atoms with Crippen molar-refractivity contribution in [2.45, 2.75) is 0 Å². The molecular formula is C25H27Cl2N5O3S. The average molecular weight is 548 g/mol. The van der Waals surface area contributed by atoms with Crippen molar-refractivity contribution >= 4 is 50.4 Å². The minimum Gasteiger partial charge on any atom is -0.379 e. The zero-order valence-corrected chi connectivity index (χ0v) is 22.1. The summed E-state index contributed by atoms with van der Waals surface area (Å²) in [6, 6.07) is 15.5. The van der Waals surface area contributed by atoms with Crippen molar-refractivity contribution in [3.63, 3.8) is 0 Å². The molecule has 1 aliphatic heterocycles. The topological polar surface area (TPSA) is 98.6 Å². The van der Waals surface area contributed by atoms with E-state index in [1.54, 1.807) is 42.6 Å². The van der Waals surface area contributed by atoms with Gasteiger partial charge in [-0.2, -0.15) is 0 Å². The molecule has 1 saturated heterocycles. The van der Waals surface area contributed by atoms with Crippen LogP contribution in [0.25, 0.3) is 11.3 Å². The molecule has 2 heterocycles. The number of aromatic nitrogens is 1. The third kappa shape index (κ3) is 6.54. The van der Waals surface area contributed by atoms with Crippen molar-refractivity contribution in [3.05, 3.63) is 76.4 Å². The summed E-state index contributed by atoms with van der Waals surface area (Å²) >= 11 is 12.8. The molecule has 0 radical (unpaired) electrons. The molecule has 1 aromatic heterocycles. The predicted octanol–water partition coefficient (Wildman–Crippen LogP) is 5.04. The summed E-state index contributed by atoms with van der Waals surface area (Å²) in [5.74, 6) is -0.399. The van der Waals surface area contributed by atoms with Crippen LogP contribution in [0.1, 0.15) is 10.4 Å². The first-order valence-electron chi connectivity index (χ1n) is 11.4. The molecule has 1 fully saturated rings. The van der Waals surface area contributed by atoms with Crippen molar-refractivity contribution < 1.29 is 13.7 Å². The number of nitrogens with zero attached hydrogens (tertiary/aromatic N) is 3. The van der Waals surface area contributed by atoms with Gasteiger partial charge in [-0.05, 0) is 48.5 Å². The molecule has 8 nitrogen and oxygen atoms in total. The van der Waals surface area contributed by atoms with Gasteiger partial charge in [0.25, 0.3) is 5.91 Å². The van der Waals surface area contributed by atoms with Crippen molar-refractivity contribution in [1.29, 1.82) is 4.78 Å². The number of carbonyl (C=O) groups is 1. The first-order chi connectivity index (χ1) is 17.2. The molecule has 0 aliphatic carbocycles. The fourth-order valence-corrected chi connectivity index (χ4v) is 5.35. The number of nitrogens with one attached hydrogen (secondary N) is 2. The molecule has 0 spiro atoms. The summed E-state index contributed by atoms with van der Waals surface area (Å²) in [6.07, 6.45) is 3.05. The molecule has 36 heavy (non-hydrogen) atoms. The fourth-order valence-electron chi connectivity index (χ4n) is 3.92. The standard InChI is InChI=1S/C25H27Cl2N5O3S/c1-36(28,34)32(11-10-31-12-14-35-15-13-31)19-6-7-20(23(27)17-19)25(33)30-18-5-8-22(26)21(16-18)24-4-2-3-9-29-24/h2-9,16-17,28H,10-15H2,1H3,(H,30,33). The van der Waals surface area contributed by atoms with Crippen molar-refractivity contribution in [1.82, 2.24) is 9.88 Å². The normalized spacial score (nSPS) is 15.8. The van der Waals surface area contributed by atoms with Gasteiger partial charge in [0.05, 0.1) is 40.2 Å². The first kappa shape index (κ1) is 26.4. The van der Waals surface area contributed by atoms with Crippen LogP contribution in [0.2, 0.25) is 10.0 Å². The zero-order valence-electron chi connectivity index (χ0n) is 19.7. The van der Waals surface area contributed by atoms with Gasteiger partial charge in [-0.25, -0.2) is 8.99 Å². The SMILES string of the molecule is CS(=N)(=O)N(CCN1CCOCC1)c1ccc(C(=O)Nc2ccc(Cl)c(-c3ccccn3)c2)c(Cl)c1. The lowest BCUT2D eigenvalue weighted by Gasteiger charge is -2.31. The Hall–Kier alpha value is -2.69. The molecule has 3 aromatic rings. The highest BCUT2D eigenvalue weighted by Crippen LogP contribution is 2.30. The van der Waals surface area contributed by atoms with Crippen LogP contribution in [0.3, 0.4) is 0 Å². The van der Waals surface area contributed by atoms with Crippen LogP contribution in [-0.2, 0) is 14.7 Å². The largest absolute Gasteiger partial charge is 0.379 e. The number of amides is 1. The monoisotopic (exact) mass is 547 g/mol. The lowest BCUT2D eigenvalue weighted by atomic mass is 10.1. The van der Waals surface area contributed by atoms with Gasteiger partial charge in [-0.3, -0.25) is 19.0 Å². The van der Waals surface area contributed by atoms with Gasteiger partial charge in [0.15, 0.2) is 0 Å². The Balaban J connectivity index is 1.51. The van der Waals surface area contributed by atoms with Crippen LogP contribution >= 0.6 is 23.2 Å². The maximum Gasteiger partial charge on any atom is 0.257 e. The number of ether oxygens (including phenoxy) is 1. The van der Waals surface area contributed by atoms with Crippen LogP contribution in [0.15, 0.2) is 60.8 Å². The van der Waals surface area contributed by atoms with E-state index >= 15 is 0 Å². The van der Waals surface area contributed by atoms with E-state index in [1.165, 1.54) is 10.6 Å². The van der Waals surface area contributed by atoms with E-state index < -0.39 is 15.8 Å². The van der Waals surface area contributed by atoms with Crippen LogP contribution in [-0.4, -0.2) is 65.6 Å². The second kappa shape index (κ2) is 11.6. The van der Waals surface area contributed by atoms with Gasteiger partial charge in [-0.15, -0.1) is 0 Å². The second-order valence-corrected chi connectivity index (χ2v) is 11.2. The van der Waals surface area contributed by atoms with Crippen molar-refractivity contribution in [2.24, 2.45) is 0 Å². The number of benzene rings is 2. The predicted molar refractivity (Wildman–Crippen MR) is 145 cm³/mol. The minimum atomic E-state index is -3.05. The van der Waals surface area contributed by atoms with Gasteiger partial charge in [0.2, 0.25) is 0 Å². The smallest absolute Gasteiger partial charge is 0.257 e. The quantitative estimate of drug-likeness (QED) is 0.411. The summed E-state index contributed by atoms with van der Waals surface area (Å²) in [4.78, 5) is 19.5. The molecule has 4 rings (SSSR count). The molecule has 1 amide bonds. The molecule has 190 valence electrons. The Morgan fingerprint density at radius 1 is 1.14 bits per heavy atom. The van der Waals surface area contributed by atoms with E-state index in [0.29, 0.717) is 54.0 Å². The number of pyridine rings is 1. The zero-order chi connectivity index (χ0) is 25.7. The van der Waals surface area contributed by atoms with Gasteiger partial charge in [0, 0.05) is 49.9 Å². The number of hydrogen-bond donors (Lipinski definition) is 2. The molecule has 2 N–H and O–H groups in total. The molecule has 2 aromatic carbocycles. The Morgan fingerprint density at radius 3 is 2.58 bits per heavy atom. The van der Waals surface area contributed by atoms with E-state index in [2.05, 4.69) is 15.2 Å². The lowest BCUT2D eigenvalue weighted by Crippen LogP contribution is -2.42. The summed E-state index contributed by atoms with van der Waals surface area (Å²) in [6.45, 7) is 3.95. The van der Waals surface area contributed by atoms with Crippen molar-refractivity contribution in [3.8, 4) is 11.3 Å². The highest BCUT2D eigenvalue weighted by atomic mass is 35.5. The number of halogens is 2. The van der Waals surface area contributed by atoms with E-state index in [-0.39, 0.29) is 10.6 Å². The summed E-state index contributed by atoms with van der Waals surface area (Å²) in [7, 11) is -3.05. The third-order valence-corrected chi connectivity index (χ3v) is 7.67. The van der Waals surface area contributed by atoms with E-state index in [0.717, 1.165) is 13.1 Å². The van der Waals surface area contributed by atoms with E-state index in [9.17, 15) is 9.00 Å². The molecule has 1 unspecified atom stereocenters. The van der Waals surface area contributed by atoms with Gasteiger partial charge in [-0.1, -0.05) is 29.3 Å². The fraction of sp³-hybridized carbons (Fsp3) is 0.280. The Morgan fingerprint density at radius 2 is 1.92 bits per heavy atom. The number of hydrogen-bond acceptors (Lipinski definition) is 6. The van der Waals surface area contributed by atoms with E-state index in [4.69, 9.17) is 32.7 Å².